The van der Waals surface area contributed by atoms with Gasteiger partial charge in [0.1, 0.15) is 0 Å². The highest BCUT2D eigenvalue weighted by Gasteiger charge is 2.08. The van der Waals surface area contributed by atoms with E-state index in [1.165, 1.54) is 11.1 Å². The molecule has 1 unspecified atom stereocenters. The summed E-state index contributed by atoms with van der Waals surface area (Å²) in [5.74, 6) is 1.10. The number of amides is 1. The molecule has 0 fully saturated rings. The fourth-order valence-corrected chi connectivity index (χ4v) is 3.16. The zero-order valence-electron chi connectivity index (χ0n) is 19.5. The molecule has 0 heterocycles. The Hall–Kier alpha value is -2.86. The van der Waals surface area contributed by atoms with E-state index in [9.17, 15) is 4.79 Å². The van der Waals surface area contributed by atoms with Crippen LogP contribution in [0.1, 0.15) is 46.8 Å². The number of nitrogens with zero attached hydrogens (tertiary/aromatic N) is 2. The van der Waals surface area contributed by atoms with Crippen molar-refractivity contribution in [3.63, 3.8) is 0 Å². The highest BCUT2D eigenvalue weighted by molar-refractivity contribution is 5.94. The van der Waals surface area contributed by atoms with E-state index in [-0.39, 0.29) is 5.91 Å². The summed E-state index contributed by atoms with van der Waals surface area (Å²) in [6.07, 6.45) is 0. The van der Waals surface area contributed by atoms with Gasteiger partial charge in [-0.15, -0.1) is 0 Å². The molecule has 168 valence electrons. The third kappa shape index (κ3) is 8.80. The van der Waals surface area contributed by atoms with Crippen molar-refractivity contribution < 1.29 is 4.79 Å². The van der Waals surface area contributed by atoms with E-state index in [0.717, 1.165) is 31.2 Å². The normalized spacial score (nSPS) is 12.5. The van der Waals surface area contributed by atoms with Crippen molar-refractivity contribution in [3.8, 4) is 0 Å². The molecule has 0 saturated carbocycles. The first-order chi connectivity index (χ1) is 14.9. The van der Waals surface area contributed by atoms with Crippen LogP contribution >= 0.6 is 0 Å². The van der Waals surface area contributed by atoms with Crippen LogP contribution in [0.2, 0.25) is 0 Å². The Kier molecular flexibility index (Phi) is 10.0. The van der Waals surface area contributed by atoms with Crippen molar-refractivity contribution in [2.24, 2.45) is 4.99 Å². The molecule has 0 aliphatic carbocycles. The maximum Gasteiger partial charge on any atom is 0.251 e. The predicted molar refractivity (Wildman–Crippen MR) is 130 cm³/mol. The van der Waals surface area contributed by atoms with E-state index in [1.807, 2.05) is 43.3 Å². The van der Waals surface area contributed by atoms with Crippen molar-refractivity contribution in [3.05, 3.63) is 70.8 Å². The fourth-order valence-electron chi connectivity index (χ4n) is 3.16. The molecule has 2 aromatic rings. The van der Waals surface area contributed by atoms with Crippen LogP contribution in [0.3, 0.4) is 0 Å². The van der Waals surface area contributed by atoms with Crippen molar-refractivity contribution >= 4 is 11.9 Å². The Labute approximate surface area is 187 Å². The number of hydrogen-bond donors (Lipinski definition) is 3. The second kappa shape index (κ2) is 12.7. The van der Waals surface area contributed by atoms with Gasteiger partial charge >= 0.3 is 0 Å². The Morgan fingerprint density at radius 2 is 1.84 bits per heavy atom. The van der Waals surface area contributed by atoms with Gasteiger partial charge in [0.2, 0.25) is 0 Å². The van der Waals surface area contributed by atoms with E-state index in [2.05, 4.69) is 61.0 Å². The Bertz CT molecular complexity index is 862. The highest BCUT2D eigenvalue weighted by atomic mass is 16.1. The van der Waals surface area contributed by atoms with Crippen LogP contribution in [0.15, 0.2) is 53.5 Å². The molecule has 0 bridgehead atoms. The first kappa shape index (κ1) is 24.4. The summed E-state index contributed by atoms with van der Waals surface area (Å²) in [6.45, 7) is 9.92. The average Bonchev–Trinajstić information content (AvgIpc) is 2.75. The molecule has 1 amide bonds. The molecule has 2 aromatic carbocycles. The van der Waals surface area contributed by atoms with Gasteiger partial charge < -0.3 is 20.9 Å². The number of carbonyl (C=O) groups excluding carboxylic acids is 1. The lowest BCUT2D eigenvalue weighted by Gasteiger charge is -2.17. The Morgan fingerprint density at radius 1 is 1.06 bits per heavy atom. The maximum atomic E-state index is 12.4. The molecular weight excluding hydrogens is 386 g/mol. The summed E-state index contributed by atoms with van der Waals surface area (Å²) in [4.78, 5) is 19.1. The minimum absolute atomic E-state index is 0.0512. The quantitative estimate of drug-likeness (QED) is 0.406. The molecule has 6 heteroatoms. The number of rotatable bonds is 10. The zero-order valence-corrected chi connectivity index (χ0v) is 19.5. The Balaban J connectivity index is 1.96. The van der Waals surface area contributed by atoms with Crippen LogP contribution in [0.4, 0.5) is 0 Å². The lowest BCUT2D eigenvalue weighted by atomic mass is 9.99. The van der Waals surface area contributed by atoms with Gasteiger partial charge in [-0.05, 0) is 57.1 Å². The van der Waals surface area contributed by atoms with E-state index in [4.69, 9.17) is 4.99 Å². The lowest BCUT2D eigenvalue weighted by molar-refractivity contribution is 0.0951. The molecule has 2 rings (SSSR count). The molecular formula is C25H37N5O. The summed E-state index contributed by atoms with van der Waals surface area (Å²) < 4.78 is 0. The molecule has 0 aliphatic rings. The van der Waals surface area contributed by atoms with Gasteiger partial charge in [0, 0.05) is 31.7 Å². The molecule has 0 spiro atoms. The smallest absolute Gasteiger partial charge is 0.251 e. The van der Waals surface area contributed by atoms with Crippen molar-refractivity contribution in [1.82, 2.24) is 20.9 Å². The van der Waals surface area contributed by atoms with Gasteiger partial charge in [0.15, 0.2) is 5.96 Å². The highest BCUT2D eigenvalue weighted by Crippen LogP contribution is 2.15. The number of likely N-dealkylation sites (N-methyl/N-ethyl adjacent to an activating group) is 1. The van der Waals surface area contributed by atoms with Crippen LogP contribution in [0, 0.1) is 6.92 Å². The van der Waals surface area contributed by atoms with Crippen molar-refractivity contribution in [2.45, 2.75) is 33.2 Å². The predicted octanol–water partition coefficient (Wildman–Crippen LogP) is 3.15. The number of guanidine groups is 1. The summed E-state index contributed by atoms with van der Waals surface area (Å²) in [6, 6.07) is 16.3. The van der Waals surface area contributed by atoms with Gasteiger partial charge in [-0.25, -0.2) is 4.99 Å². The second-order valence-electron chi connectivity index (χ2n) is 8.15. The van der Waals surface area contributed by atoms with E-state index in [0.29, 0.717) is 24.6 Å². The van der Waals surface area contributed by atoms with Crippen LogP contribution < -0.4 is 16.0 Å². The lowest BCUT2D eigenvalue weighted by Crippen LogP contribution is -2.39. The van der Waals surface area contributed by atoms with E-state index in [1.54, 1.807) is 0 Å². The van der Waals surface area contributed by atoms with Crippen molar-refractivity contribution in [1.29, 1.82) is 0 Å². The van der Waals surface area contributed by atoms with Crippen LogP contribution in [-0.2, 0) is 6.54 Å². The molecule has 0 saturated heterocycles. The van der Waals surface area contributed by atoms with Gasteiger partial charge in [-0.1, -0.05) is 48.9 Å². The molecule has 31 heavy (non-hydrogen) atoms. The minimum atomic E-state index is -0.0512. The molecule has 3 N–H and O–H groups in total. The number of aliphatic imine (C=N–C) groups is 1. The van der Waals surface area contributed by atoms with Gasteiger partial charge in [-0.2, -0.15) is 0 Å². The summed E-state index contributed by atoms with van der Waals surface area (Å²) in [7, 11) is 3.98. The van der Waals surface area contributed by atoms with Crippen LogP contribution in [0.5, 0.6) is 0 Å². The number of hydrogen-bond acceptors (Lipinski definition) is 3. The molecule has 0 radical (unpaired) electrons. The largest absolute Gasteiger partial charge is 0.357 e. The standard InChI is InChI=1S/C25H37N5O/c1-6-26-25(28-17-20(3)22-11-7-9-19(2)15-22)29-18-21-10-8-12-23(16-21)24(31)27-13-14-30(4)5/h7-12,15-16,20H,6,13-14,17-18H2,1-5H3,(H,27,31)(H2,26,28,29). The van der Waals surface area contributed by atoms with Crippen molar-refractivity contribution in [2.75, 3.05) is 40.3 Å². The monoisotopic (exact) mass is 423 g/mol. The molecule has 0 aromatic heterocycles. The molecule has 6 nitrogen and oxygen atoms in total. The van der Waals surface area contributed by atoms with Crippen LogP contribution in [0.25, 0.3) is 0 Å². The maximum absolute atomic E-state index is 12.4. The van der Waals surface area contributed by atoms with E-state index < -0.39 is 0 Å². The summed E-state index contributed by atoms with van der Waals surface area (Å²) in [5.41, 5.74) is 4.26. The fraction of sp³-hybridized carbons (Fsp3) is 0.440. The van der Waals surface area contributed by atoms with Gasteiger partial charge in [-0.3, -0.25) is 4.79 Å². The topological polar surface area (TPSA) is 68.8 Å². The number of carbonyl (C=O) groups is 1. The van der Waals surface area contributed by atoms with Gasteiger partial charge in [0.05, 0.1) is 6.54 Å². The first-order valence-corrected chi connectivity index (χ1v) is 11.0. The SMILES string of the molecule is CCNC(=NCc1cccc(C(=O)NCCN(C)C)c1)NCC(C)c1cccc(C)c1. The average molecular weight is 424 g/mol. The number of aryl methyl sites for hydroxylation is 1. The summed E-state index contributed by atoms with van der Waals surface area (Å²) in [5, 5.41) is 9.70. The second-order valence-corrected chi connectivity index (χ2v) is 8.15. The minimum Gasteiger partial charge on any atom is -0.357 e. The third-order valence-electron chi connectivity index (χ3n) is 4.98. The zero-order chi connectivity index (χ0) is 22.6. The number of nitrogens with one attached hydrogen (secondary N) is 3. The first-order valence-electron chi connectivity index (χ1n) is 11.0. The molecule has 0 aliphatic heterocycles. The van der Waals surface area contributed by atoms with Gasteiger partial charge in [0.25, 0.3) is 5.91 Å². The van der Waals surface area contributed by atoms with Crippen LogP contribution in [-0.4, -0.2) is 57.0 Å². The number of benzene rings is 2. The Morgan fingerprint density at radius 3 is 2.55 bits per heavy atom. The molecule has 1 atom stereocenters. The summed E-state index contributed by atoms with van der Waals surface area (Å²) >= 11 is 0. The third-order valence-corrected chi connectivity index (χ3v) is 4.98. The van der Waals surface area contributed by atoms with E-state index >= 15 is 0 Å².